The van der Waals surface area contributed by atoms with Gasteiger partial charge in [0.15, 0.2) is 0 Å². The van der Waals surface area contributed by atoms with Crippen molar-refractivity contribution in [1.82, 2.24) is 4.90 Å². The lowest BCUT2D eigenvalue weighted by atomic mass is 10.0. The average Bonchev–Trinajstić information content (AvgIpc) is 3.01. The minimum atomic E-state index is 0. The first kappa shape index (κ1) is 21.1. The quantitative estimate of drug-likeness (QED) is 0.885. The van der Waals surface area contributed by atoms with Crippen LogP contribution in [0.1, 0.15) is 32.1 Å². The number of piperidine rings is 1. The van der Waals surface area contributed by atoms with E-state index in [4.69, 9.17) is 5.73 Å². The van der Waals surface area contributed by atoms with E-state index >= 15 is 0 Å². The SMILES string of the molecule is CN(C(=O)C1CCC(N)C1)C1CCCN(c2ccccc2)C1.Cl.Cl. The molecule has 1 heterocycles. The minimum absolute atomic E-state index is 0. The van der Waals surface area contributed by atoms with E-state index in [9.17, 15) is 4.79 Å². The van der Waals surface area contributed by atoms with Crippen LogP contribution >= 0.6 is 24.8 Å². The Bertz CT molecular complexity index is 514. The van der Waals surface area contributed by atoms with Crippen molar-refractivity contribution in [2.24, 2.45) is 11.7 Å². The molecule has 0 aromatic heterocycles. The van der Waals surface area contributed by atoms with Crippen molar-refractivity contribution in [2.45, 2.75) is 44.2 Å². The average molecular weight is 374 g/mol. The molecule has 1 aromatic rings. The van der Waals surface area contributed by atoms with E-state index in [-0.39, 0.29) is 36.8 Å². The van der Waals surface area contributed by atoms with Crippen LogP contribution in [0.2, 0.25) is 0 Å². The van der Waals surface area contributed by atoms with Gasteiger partial charge in [-0.25, -0.2) is 0 Å². The lowest BCUT2D eigenvalue weighted by Crippen LogP contribution is -2.50. The van der Waals surface area contributed by atoms with Gasteiger partial charge < -0.3 is 15.5 Å². The first-order chi connectivity index (χ1) is 10.6. The molecule has 136 valence electrons. The molecule has 3 unspecified atom stereocenters. The van der Waals surface area contributed by atoms with Gasteiger partial charge in [-0.2, -0.15) is 0 Å². The van der Waals surface area contributed by atoms with Gasteiger partial charge in [0.25, 0.3) is 0 Å². The summed E-state index contributed by atoms with van der Waals surface area (Å²) >= 11 is 0. The predicted octanol–water partition coefficient (Wildman–Crippen LogP) is 3.08. The van der Waals surface area contributed by atoms with Crippen LogP contribution in [-0.4, -0.2) is 43.0 Å². The number of nitrogens with zero attached hydrogens (tertiary/aromatic N) is 2. The Balaban J connectivity index is 0.00000144. The summed E-state index contributed by atoms with van der Waals surface area (Å²) in [4.78, 5) is 17.1. The predicted molar refractivity (Wildman–Crippen MR) is 104 cm³/mol. The molecule has 1 aromatic carbocycles. The number of likely N-dealkylation sites (N-methyl/N-ethyl adjacent to an activating group) is 1. The molecule has 0 bridgehead atoms. The van der Waals surface area contributed by atoms with Crippen molar-refractivity contribution in [1.29, 1.82) is 0 Å². The number of carbonyl (C=O) groups excluding carboxylic acids is 1. The van der Waals surface area contributed by atoms with Crippen LogP contribution in [0.15, 0.2) is 30.3 Å². The number of rotatable bonds is 3. The highest BCUT2D eigenvalue weighted by molar-refractivity contribution is 5.85. The highest BCUT2D eigenvalue weighted by Crippen LogP contribution is 2.28. The summed E-state index contributed by atoms with van der Waals surface area (Å²) in [6, 6.07) is 11.0. The largest absolute Gasteiger partial charge is 0.369 e. The van der Waals surface area contributed by atoms with Crippen LogP contribution in [0.5, 0.6) is 0 Å². The van der Waals surface area contributed by atoms with E-state index in [0.717, 1.165) is 45.2 Å². The second-order valence-corrected chi connectivity index (χ2v) is 6.80. The molecule has 1 aliphatic carbocycles. The van der Waals surface area contributed by atoms with E-state index in [1.165, 1.54) is 5.69 Å². The van der Waals surface area contributed by atoms with Crippen LogP contribution in [-0.2, 0) is 4.79 Å². The topological polar surface area (TPSA) is 49.6 Å². The third-order valence-electron chi connectivity index (χ3n) is 5.24. The van der Waals surface area contributed by atoms with Crippen molar-refractivity contribution in [3.8, 4) is 0 Å². The number of hydrogen-bond donors (Lipinski definition) is 1. The van der Waals surface area contributed by atoms with Gasteiger partial charge in [-0.15, -0.1) is 24.8 Å². The number of halogens is 2. The standard InChI is InChI=1S/C18H27N3O.2ClH/c1-20(18(22)14-9-10-15(19)12-14)17-8-5-11-21(13-17)16-6-3-2-4-7-16;;/h2-4,6-7,14-15,17H,5,8-13,19H2,1H3;2*1H. The molecular weight excluding hydrogens is 345 g/mol. The summed E-state index contributed by atoms with van der Waals surface area (Å²) in [6.45, 7) is 2.02. The van der Waals surface area contributed by atoms with Crippen LogP contribution in [0.4, 0.5) is 5.69 Å². The van der Waals surface area contributed by atoms with Crippen LogP contribution in [0.25, 0.3) is 0 Å². The maximum Gasteiger partial charge on any atom is 0.225 e. The van der Waals surface area contributed by atoms with Gasteiger partial charge in [0.05, 0.1) is 0 Å². The molecule has 0 spiro atoms. The maximum absolute atomic E-state index is 12.7. The Morgan fingerprint density at radius 2 is 1.88 bits per heavy atom. The monoisotopic (exact) mass is 373 g/mol. The molecule has 1 saturated carbocycles. The first-order valence-corrected chi connectivity index (χ1v) is 8.47. The number of nitrogens with two attached hydrogens (primary N) is 1. The first-order valence-electron chi connectivity index (χ1n) is 8.47. The number of hydrogen-bond acceptors (Lipinski definition) is 3. The van der Waals surface area contributed by atoms with E-state index in [2.05, 4.69) is 29.2 Å². The third-order valence-corrected chi connectivity index (χ3v) is 5.24. The van der Waals surface area contributed by atoms with Crippen LogP contribution < -0.4 is 10.6 Å². The summed E-state index contributed by atoms with van der Waals surface area (Å²) in [7, 11) is 1.98. The Morgan fingerprint density at radius 1 is 1.17 bits per heavy atom. The number of amides is 1. The highest BCUT2D eigenvalue weighted by Gasteiger charge is 2.33. The minimum Gasteiger partial charge on any atom is -0.369 e. The fourth-order valence-electron chi connectivity index (χ4n) is 3.85. The number of carbonyl (C=O) groups is 1. The van der Waals surface area contributed by atoms with E-state index < -0.39 is 0 Å². The van der Waals surface area contributed by atoms with Gasteiger partial charge in [0, 0.05) is 43.8 Å². The molecule has 4 nitrogen and oxygen atoms in total. The van der Waals surface area contributed by atoms with Crippen molar-refractivity contribution < 1.29 is 4.79 Å². The van der Waals surface area contributed by atoms with Gasteiger partial charge >= 0.3 is 0 Å². The Hall–Kier alpha value is -0.970. The van der Waals surface area contributed by atoms with E-state index in [1.54, 1.807) is 0 Å². The van der Waals surface area contributed by atoms with Gasteiger partial charge in [0.1, 0.15) is 0 Å². The molecule has 1 saturated heterocycles. The molecule has 2 fully saturated rings. The van der Waals surface area contributed by atoms with E-state index in [0.29, 0.717) is 11.9 Å². The highest BCUT2D eigenvalue weighted by atomic mass is 35.5. The summed E-state index contributed by atoms with van der Waals surface area (Å²) in [5, 5.41) is 0. The van der Waals surface area contributed by atoms with Gasteiger partial charge in [0.2, 0.25) is 5.91 Å². The summed E-state index contributed by atoms with van der Waals surface area (Å²) < 4.78 is 0. The van der Waals surface area contributed by atoms with E-state index in [1.807, 2.05) is 18.0 Å². The summed E-state index contributed by atoms with van der Waals surface area (Å²) in [5.74, 6) is 0.444. The molecule has 24 heavy (non-hydrogen) atoms. The van der Waals surface area contributed by atoms with Crippen molar-refractivity contribution in [3.63, 3.8) is 0 Å². The number of anilines is 1. The fourth-order valence-corrected chi connectivity index (χ4v) is 3.85. The third kappa shape index (κ3) is 4.78. The van der Waals surface area contributed by atoms with Crippen molar-refractivity contribution in [2.75, 3.05) is 25.0 Å². The zero-order chi connectivity index (χ0) is 15.5. The number of para-hydroxylation sites is 1. The Morgan fingerprint density at radius 3 is 2.50 bits per heavy atom. The zero-order valence-electron chi connectivity index (χ0n) is 14.3. The summed E-state index contributed by atoms with van der Waals surface area (Å²) in [5.41, 5.74) is 7.22. The molecule has 2 N–H and O–H groups in total. The normalized spacial score (nSPS) is 26.2. The molecule has 2 aliphatic rings. The van der Waals surface area contributed by atoms with Crippen molar-refractivity contribution >= 4 is 36.4 Å². The Kier molecular flexibility index (Phi) is 8.34. The molecule has 1 aliphatic heterocycles. The van der Waals surface area contributed by atoms with Gasteiger partial charge in [-0.05, 0) is 44.2 Å². The molecule has 0 radical (unpaired) electrons. The van der Waals surface area contributed by atoms with Crippen molar-refractivity contribution in [3.05, 3.63) is 30.3 Å². The van der Waals surface area contributed by atoms with Gasteiger partial charge in [-0.3, -0.25) is 4.79 Å². The molecule has 6 heteroatoms. The molecular formula is C18H29Cl2N3O. The fraction of sp³-hybridized carbons (Fsp3) is 0.611. The molecule has 3 atom stereocenters. The van der Waals surface area contributed by atoms with Crippen LogP contribution in [0, 0.1) is 5.92 Å². The lowest BCUT2D eigenvalue weighted by Gasteiger charge is -2.39. The summed E-state index contributed by atoms with van der Waals surface area (Å²) in [6.07, 6.45) is 5.05. The molecule has 1 amide bonds. The number of benzene rings is 1. The smallest absolute Gasteiger partial charge is 0.225 e. The second-order valence-electron chi connectivity index (χ2n) is 6.80. The molecule has 3 rings (SSSR count). The second kappa shape index (κ2) is 9.50. The maximum atomic E-state index is 12.7. The van der Waals surface area contributed by atoms with Crippen LogP contribution in [0.3, 0.4) is 0 Å². The van der Waals surface area contributed by atoms with Gasteiger partial charge in [-0.1, -0.05) is 18.2 Å². The lowest BCUT2D eigenvalue weighted by molar-refractivity contribution is -0.136. The Labute approximate surface area is 157 Å². The zero-order valence-corrected chi connectivity index (χ0v) is 15.9.